The van der Waals surface area contributed by atoms with Gasteiger partial charge in [0.05, 0.1) is 6.42 Å². The maximum absolute atomic E-state index is 12.1. The van der Waals surface area contributed by atoms with Gasteiger partial charge in [-0.05, 0) is 6.42 Å². The molecule has 0 aromatic carbocycles. The molecule has 0 aliphatic carbocycles. The van der Waals surface area contributed by atoms with Gasteiger partial charge in [0.2, 0.25) is 0 Å². The minimum atomic E-state index is -0.324. The van der Waals surface area contributed by atoms with Crippen LogP contribution in [-0.4, -0.2) is 0 Å². The van der Waals surface area contributed by atoms with Gasteiger partial charge in [-0.1, -0.05) is 18.9 Å². The quantitative estimate of drug-likeness (QED) is 0.478. The first kappa shape index (κ1) is 7.23. The largest absolute Gasteiger partial charge is 0.211 e. The number of hydrogen-bond donors (Lipinski definition) is 0. The predicted octanol–water partition coefficient (Wildman–Crippen LogP) is 2.09. The summed E-state index contributed by atoms with van der Waals surface area (Å²) in [6, 6.07) is 0. The van der Waals surface area contributed by atoms with E-state index in [1.807, 2.05) is 6.92 Å². The maximum Gasteiger partial charge on any atom is 0.113 e. The molecule has 0 aromatic heterocycles. The lowest BCUT2D eigenvalue weighted by atomic mass is 10.3. The predicted molar refractivity (Wildman–Crippen MR) is 32.6 cm³/mol. The van der Waals surface area contributed by atoms with Crippen LogP contribution >= 0.6 is 0 Å². The van der Waals surface area contributed by atoms with Gasteiger partial charge >= 0.3 is 0 Å². The van der Waals surface area contributed by atoms with Crippen molar-refractivity contribution in [2.75, 3.05) is 0 Å². The van der Waals surface area contributed by atoms with Gasteiger partial charge in [0.25, 0.3) is 0 Å². The molecule has 0 aromatic rings. The molecule has 0 heterocycles. The zero-order chi connectivity index (χ0) is 6.41. The van der Waals surface area contributed by atoms with Crippen LogP contribution in [0.5, 0.6) is 0 Å². The Morgan fingerprint density at radius 2 is 2.50 bits per heavy atom. The van der Waals surface area contributed by atoms with Crippen molar-refractivity contribution in [2.24, 2.45) is 0 Å². The highest BCUT2D eigenvalue weighted by molar-refractivity contribution is 5.19. The Morgan fingerprint density at radius 1 is 1.88 bits per heavy atom. The van der Waals surface area contributed by atoms with Gasteiger partial charge in [-0.25, -0.2) is 4.39 Å². The molecule has 0 amide bonds. The molecule has 0 aliphatic heterocycles. The summed E-state index contributed by atoms with van der Waals surface area (Å²) in [4.78, 5) is 0. The molecule has 0 fully saturated rings. The van der Waals surface area contributed by atoms with Crippen LogP contribution in [-0.2, 0) is 0 Å². The average Bonchev–Trinajstić information content (AvgIpc) is 1.68. The summed E-state index contributed by atoms with van der Waals surface area (Å²) < 4.78 is 12.1. The summed E-state index contributed by atoms with van der Waals surface area (Å²) in [5.74, 6) is 1.76. The topological polar surface area (TPSA) is 0 Å². The van der Waals surface area contributed by atoms with Crippen LogP contribution in [0.15, 0.2) is 11.9 Å². The Morgan fingerprint density at radius 3 is 2.88 bits per heavy atom. The van der Waals surface area contributed by atoms with Gasteiger partial charge in [-0.2, -0.15) is 0 Å². The Kier molecular flexibility index (Phi) is 3.97. The minimum Gasteiger partial charge on any atom is -0.211 e. The van der Waals surface area contributed by atoms with Crippen LogP contribution in [0.25, 0.3) is 0 Å². The third-order valence-corrected chi connectivity index (χ3v) is 0.620. The molecule has 0 rings (SSSR count). The molecule has 0 atom stereocenters. The van der Waals surface area contributed by atoms with Crippen LogP contribution < -0.4 is 0 Å². The van der Waals surface area contributed by atoms with Crippen LogP contribution in [0.1, 0.15) is 13.3 Å². The Balaban J connectivity index is 3.49. The summed E-state index contributed by atoms with van der Waals surface area (Å²) in [6.45, 7) is 1.85. The SMILES string of the molecule is C#C[CH]C(F)=CCC. The van der Waals surface area contributed by atoms with Crippen LogP contribution in [0.3, 0.4) is 0 Å². The molecule has 0 N–H and O–H groups in total. The number of allylic oxidation sites excluding steroid dienone is 2. The summed E-state index contributed by atoms with van der Waals surface area (Å²) in [5.41, 5.74) is 0. The Bertz CT molecular complexity index is 117. The van der Waals surface area contributed by atoms with Gasteiger partial charge in [-0.3, -0.25) is 0 Å². The highest BCUT2D eigenvalue weighted by Crippen LogP contribution is 2.00. The molecule has 0 bridgehead atoms. The normalized spacial score (nSPS) is 10.9. The zero-order valence-electron chi connectivity index (χ0n) is 4.82. The fraction of sp³-hybridized carbons (Fsp3) is 0.286. The van der Waals surface area contributed by atoms with E-state index in [-0.39, 0.29) is 5.83 Å². The Hall–Kier alpha value is -0.770. The van der Waals surface area contributed by atoms with Gasteiger partial charge in [0.1, 0.15) is 5.83 Å². The first-order valence-corrected chi connectivity index (χ1v) is 2.46. The molecule has 8 heavy (non-hydrogen) atoms. The van der Waals surface area contributed by atoms with Crippen molar-refractivity contribution < 1.29 is 4.39 Å². The monoisotopic (exact) mass is 111 g/mol. The fourth-order valence-electron chi connectivity index (χ4n) is 0.334. The summed E-state index contributed by atoms with van der Waals surface area (Å²) in [6.07, 6.45) is 7.99. The molecular weight excluding hydrogens is 103 g/mol. The number of rotatable bonds is 2. The van der Waals surface area contributed by atoms with Gasteiger partial charge in [-0.15, -0.1) is 6.42 Å². The lowest BCUT2D eigenvalue weighted by Crippen LogP contribution is -1.69. The number of halogens is 1. The highest BCUT2D eigenvalue weighted by Gasteiger charge is 1.86. The standard InChI is InChI=1S/C7H8F/c1-3-5-7(8)6-4-2/h1,5-6H,4H2,2H3. The summed E-state index contributed by atoms with van der Waals surface area (Å²) in [5, 5.41) is 0. The zero-order valence-corrected chi connectivity index (χ0v) is 4.82. The lowest BCUT2D eigenvalue weighted by Gasteiger charge is -1.82. The van der Waals surface area contributed by atoms with E-state index < -0.39 is 0 Å². The fourth-order valence-corrected chi connectivity index (χ4v) is 0.334. The number of hydrogen-bond acceptors (Lipinski definition) is 0. The van der Waals surface area contributed by atoms with E-state index in [1.54, 1.807) is 0 Å². The molecule has 0 saturated heterocycles. The van der Waals surface area contributed by atoms with E-state index >= 15 is 0 Å². The van der Waals surface area contributed by atoms with Crippen LogP contribution in [0.4, 0.5) is 4.39 Å². The first-order valence-electron chi connectivity index (χ1n) is 2.46. The van der Waals surface area contributed by atoms with E-state index in [1.165, 1.54) is 6.08 Å². The van der Waals surface area contributed by atoms with Crippen LogP contribution in [0.2, 0.25) is 0 Å². The van der Waals surface area contributed by atoms with Crippen molar-refractivity contribution in [3.63, 3.8) is 0 Å². The van der Waals surface area contributed by atoms with E-state index in [2.05, 4.69) is 5.92 Å². The van der Waals surface area contributed by atoms with E-state index in [0.29, 0.717) is 6.42 Å². The first-order chi connectivity index (χ1) is 3.81. The lowest BCUT2D eigenvalue weighted by molar-refractivity contribution is 0.651. The Labute approximate surface area is 49.4 Å². The third kappa shape index (κ3) is 3.42. The second kappa shape index (κ2) is 4.39. The van der Waals surface area contributed by atoms with Gasteiger partial charge in [0, 0.05) is 0 Å². The molecule has 1 heteroatoms. The minimum absolute atomic E-state index is 0.324. The molecule has 43 valence electrons. The van der Waals surface area contributed by atoms with Crippen molar-refractivity contribution in [1.29, 1.82) is 0 Å². The molecular formula is C7H8F. The molecule has 0 nitrogen and oxygen atoms in total. The third-order valence-electron chi connectivity index (χ3n) is 0.620. The molecule has 0 unspecified atom stereocenters. The van der Waals surface area contributed by atoms with Crippen molar-refractivity contribution in [2.45, 2.75) is 13.3 Å². The smallest absolute Gasteiger partial charge is 0.113 e. The average molecular weight is 111 g/mol. The maximum atomic E-state index is 12.1. The molecule has 0 aliphatic rings. The van der Waals surface area contributed by atoms with Crippen LogP contribution in [0, 0.1) is 18.8 Å². The van der Waals surface area contributed by atoms with Crippen molar-refractivity contribution in [3.8, 4) is 12.3 Å². The van der Waals surface area contributed by atoms with Crippen molar-refractivity contribution in [3.05, 3.63) is 18.3 Å². The number of terminal acetylenes is 1. The molecule has 0 saturated carbocycles. The molecule has 0 spiro atoms. The summed E-state index contributed by atoms with van der Waals surface area (Å²) >= 11 is 0. The van der Waals surface area contributed by atoms with E-state index in [0.717, 1.165) is 6.42 Å². The van der Waals surface area contributed by atoms with Crippen molar-refractivity contribution in [1.82, 2.24) is 0 Å². The second-order valence-electron chi connectivity index (χ2n) is 1.31. The highest BCUT2D eigenvalue weighted by atomic mass is 19.1. The summed E-state index contributed by atoms with van der Waals surface area (Å²) in [7, 11) is 0. The second-order valence-corrected chi connectivity index (χ2v) is 1.31. The van der Waals surface area contributed by atoms with E-state index in [9.17, 15) is 4.39 Å². The van der Waals surface area contributed by atoms with Gasteiger partial charge < -0.3 is 0 Å². The van der Waals surface area contributed by atoms with E-state index in [4.69, 9.17) is 6.42 Å². The van der Waals surface area contributed by atoms with Crippen molar-refractivity contribution >= 4 is 0 Å². The van der Waals surface area contributed by atoms with Gasteiger partial charge in [0.15, 0.2) is 0 Å². The molecule has 1 radical (unpaired) electrons.